The van der Waals surface area contributed by atoms with Crippen LogP contribution >= 0.6 is 11.8 Å². The lowest BCUT2D eigenvalue weighted by molar-refractivity contribution is 0.669. The second-order valence-corrected chi connectivity index (χ2v) is 10.4. The minimum atomic E-state index is 0.927. The lowest BCUT2D eigenvalue weighted by atomic mass is 9.93. The molecule has 0 atom stereocenters. The Morgan fingerprint density at radius 3 is 2.17 bits per heavy atom. The molecule has 0 N–H and O–H groups in total. The lowest BCUT2D eigenvalue weighted by Crippen LogP contribution is -1.93. The molecule has 36 heavy (non-hydrogen) atoms. The van der Waals surface area contributed by atoms with Crippen molar-refractivity contribution in [2.75, 3.05) is 0 Å². The SMILES string of the molecule is c1cc(-c2ccc3c(c2)-c2cccc4cccc(c24)S3)cc(-c2cccc3oc4ccccc4c23)c1. The Hall–Kier alpha value is -4.27. The molecule has 0 saturated heterocycles. The van der Waals surface area contributed by atoms with Crippen LogP contribution in [0.5, 0.6) is 0 Å². The molecule has 0 fully saturated rings. The molecular formula is C34H20OS. The Morgan fingerprint density at radius 2 is 1.19 bits per heavy atom. The van der Waals surface area contributed by atoms with Gasteiger partial charge in [0.05, 0.1) is 0 Å². The van der Waals surface area contributed by atoms with Crippen molar-refractivity contribution in [1.82, 2.24) is 0 Å². The van der Waals surface area contributed by atoms with Crippen molar-refractivity contribution in [2.45, 2.75) is 9.79 Å². The third-order valence-corrected chi connectivity index (χ3v) is 8.40. The van der Waals surface area contributed by atoms with Gasteiger partial charge in [0.1, 0.15) is 11.2 Å². The molecular weight excluding hydrogens is 456 g/mol. The Morgan fingerprint density at radius 1 is 0.444 bits per heavy atom. The van der Waals surface area contributed by atoms with E-state index in [9.17, 15) is 0 Å². The summed E-state index contributed by atoms with van der Waals surface area (Å²) in [7, 11) is 0. The summed E-state index contributed by atoms with van der Waals surface area (Å²) in [5.41, 5.74) is 9.35. The summed E-state index contributed by atoms with van der Waals surface area (Å²) in [6.45, 7) is 0. The van der Waals surface area contributed by atoms with Crippen molar-refractivity contribution in [3.8, 4) is 33.4 Å². The Bertz CT molecular complexity index is 1970. The van der Waals surface area contributed by atoms with E-state index in [4.69, 9.17) is 4.42 Å². The second kappa shape index (κ2) is 7.61. The van der Waals surface area contributed by atoms with E-state index in [1.54, 1.807) is 0 Å². The summed E-state index contributed by atoms with van der Waals surface area (Å²) in [4.78, 5) is 2.65. The fourth-order valence-electron chi connectivity index (χ4n) is 5.63. The summed E-state index contributed by atoms with van der Waals surface area (Å²) in [6.07, 6.45) is 0. The van der Waals surface area contributed by atoms with Crippen molar-refractivity contribution >= 4 is 44.5 Å². The quantitative estimate of drug-likeness (QED) is 0.246. The van der Waals surface area contributed by atoms with Gasteiger partial charge in [0, 0.05) is 25.9 Å². The van der Waals surface area contributed by atoms with Crippen molar-refractivity contribution in [3.05, 3.63) is 121 Å². The molecule has 0 aliphatic carbocycles. The zero-order valence-corrected chi connectivity index (χ0v) is 20.2. The van der Waals surface area contributed by atoms with Crippen molar-refractivity contribution < 1.29 is 4.42 Å². The maximum absolute atomic E-state index is 6.15. The van der Waals surface area contributed by atoms with E-state index >= 15 is 0 Å². The first-order valence-electron chi connectivity index (χ1n) is 12.2. The van der Waals surface area contributed by atoms with Crippen LogP contribution in [0.3, 0.4) is 0 Å². The number of rotatable bonds is 2. The van der Waals surface area contributed by atoms with Gasteiger partial charge in [-0.3, -0.25) is 0 Å². The monoisotopic (exact) mass is 476 g/mol. The van der Waals surface area contributed by atoms with Crippen LogP contribution in [0.2, 0.25) is 0 Å². The standard InChI is InChI=1S/C34H20OS/c1-2-14-29-27(11-1)34-25(12-6-15-30(34)35-29)24-10-3-9-22(19-24)23-17-18-31-28(20-23)26-13-4-7-21-8-5-16-32(36-31)33(21)26/h1-20H. The van der Waals surface area contributed by atoms with Crippen LogP contribution in [-0.2, 0) is 0 Å². The maximum Gasteiger partial charge on any atom is 0.136 e. The van der Waals surface area contributed by atoms with Crippen LogP contribution in [0.25, 0.3) is 66.1 Å². The minimum Gasteiger partial charge on any atom is -0.456 e. The molecule has 0 radical (unpaired) electrons. The van der Waals surface area contributed by atoms with E-state index in [2.05, 4.69) is 109 Å². The highest BCUT2D eigenvalue weighted by atomic mass is 32.2. The van der Waals surface area contributed by atoms with Crippen LogP contribution in [0.15, 0.2) is 136 Å². The topological polar surface area (TPSA) is 13.1 Å². The molecule has 6 aromatic carbocycles. The molecule has 1 aliphatic rings. The number of hydrogen-bond donors (Lipinski definition) is 0. The summed E-state index contributed by atoms with van der Waals surface area (Å²) < 4.78 is 6.15. The molecule has 1 aliphatic heterocycles. The summed E-state index contributed by atoms with van der Waals surface area (Å²) in [5, 5.41) is 5.00. The van der Waals surface area contributed by atoms with Crippen LogP contribution < -0.4 is 0 Å². The predicted octanol–water partition coefficient (Wildman–Crippen LogP) is 10.2. The highest BCUT2D eigenvalue weighted by molar-refractivity contribution is 7.99. The first-order chi connectivity index (χ1) is 17.8. The summed E-state index contributed by atoms with van der Waals surface area (Å²) in [6, 6.07) is 43.7. The molecule has 2 heterocycles. The third kappa shape index (κ3) is 2.92. The van der Waals surface area contributed by atoms with Gasteiger partial charge in [-0.15, -0.1) is 0 Å². The molecule has 1 nitrogen and oxygen atoms in total. The largest absolute Gasteiger partial charge is 0.456 e. The molecule has 1 aromatic heterocycles. The number of furan rings is 1. The van der Waals surface area contributed by atoms with Gasteiger partial charge in [0.2, 0.25) is 0 Å². The van der Waals surface area contributed by atoms with Gasteiger partial charge in [-0.1, -0.05) is 96.7 Å². The van der Waals surface area contributed by atoms with E-state index in [-0.39, 0.29) is 0 Å². The van der Waals surface area contributed by atoms with Crippen molar-refractivity contribution in [1.29, 1.82) is 0 Å². The van der Waals surface area contributed by atoms with E-state index < -0.39 is 0 Å². The van der Waals surface area contributed by atoms with Crippen LogP contribution in [0, 0.1) is 0 Å². The number of hydrogen-bond acceptors (Lipinski definition) is 2. The lowest BCUT2D eigenvalue weighted by Gasteiger charge is -2.21. The van der Waals surface area contributed by atoms with Crippen molar-refractivity contribution in [2.24, 2.45) is 0 Å². The predicted molar refractivity (Wildman–Crippen MR) is 152 cm³/mol. The molecule has 0 unspecified atom stereocenters. The molecule has 168 valence electrons. The normalized spacial score (nSPS) is 12.3. The first-order valence-corrected chi connectivity index (χ1v) is 13.0. The minimum absolute atomic E-state index is 0.927. The molecule has 0 amide bonds. The van der Waals surface area contributed by atoms with Gasteiger partial charge < -0.3 is 4.42 Å². The molecule has 0 bridgehead atoms. The van der Waals surface area contributed by atoms with E-state index in [1.807, 2.05) is 23.9 Å². The van der Waals surface area contributed by atoms with Gasteiger partial charge in [-0.25, -0.2) is 0 Å². The number of para-hydroxylation sites is 1. The van der Waals surface area contributed by atoms with Gasteiger partial charge >= 0.3 is 0 Å². The van der Waals surface area contributed by atoms with E-state index in [1.165, 1.54) is 59.3 Å². The first kappa shape index (κ1) is 20.0. The van der Waals surface area contributed by atoms with E-state index in [0.717, 1.165) is 16.6 Å². The van der Waals surface area contributed by atoms with Crippen molar-refractivity contribution in [3.63, 3.8) is 0 Å². The summed E-state index contributed by atoms with van der Waals surface area (Å²) in [5.74, 6) is 0. The zero-order valence-electron chi connectivity index (χ0n) is 19.4. The smallest absolute Gasteiger partial charge is 0.136 e. The van der Waals surface area contributed by atoms with Crippen LogP contribution in [0.1, 0.15) is 0 Å². The average Bonchev–Trinajstić information content (AvgIpc) is 3.32. The fourth-order valence-corrected chi connectivity index (χ4v) is 6.75. The fraction of sp³-hybridized carbons (Fsp3) is 0. The maximum atomic E-state index is 6.15. The highest BCUT2D eigenvalue weighted by Crippen LogP contribution is 2.49. The molecule has 2 heteroatoms. The number of fused-ring (bicyclic) bond motifs is 5. The molecule has 8 rings (SSSR count). The van der Waals surface area contributed by atoms with Crippen LogP contribution in [0.4, 0.5) is 0 Å². The summed E-state index contributed by atoms with van der Waals surface area (Å²) >= 11 is 1.87. The van der Waals surface area contributed by atoms with E-state index in [0.29, 0.717) is 0 Å². The molecule has 0 spiro atoms. The van der Waals surface area contributed by atoms with Gasteiger partial charge in [0.15, 0.2) is 0 Å². The second-order valence-electron chi connectivity index (χ2n) is 9.33. The highest BCUT2D eigenvalue weighted by Gasteiger charge is 2.19. The Labute approximate surface area is 213 Å². The zero-order chi connectivity index (χ0) is 23.6. The third-order valence-electron chi connectivity index (χ3n) is 7.27. The molecule has 0 saturated carbocycles. The van der Waals surface area contributed by atoms with Gasteiger partial charge in [-0.2, -0.15) is 0 Å². The Balaban J connectivity index is 1.30. The molecule has 7 aromatic rings. The number of benzene rings is 6. The van der Waals surface area contributed by atoms with Crippen LogP contribution in [-0.4, -0.2) is 0 Å². The Kier molecular flexibility index (Phi) is 4.22. The van der Waals surface area contributed by atoms with Gasteiger partial charge in [-0.05, 0) is 75.2 Å². The van der Waals surface area contributed by atoms with Gasteiger partial charge in [0.25, 0.3) is 0 Å². The average molecular weight is 477 g/mol.